The fraction of sp³-hybridized carbons (Fsp3) is 0.462. The van der Waals surface area contributed by atoms with Crippen LogP contribution in [0.1, 0.15) is 31.2 Å². The van der Waals surface area contributed by atoms with Crippen LogP contribution in [0, 0.1) is 0 Å². The van der Waals surface area contributed by atoms with Gasteiger partial charge in [-0.05, 0) is 24.8 Å². The molecule has 1 aliphatic carbocycles. The van der Waals surface area contributed by atoms with Crippen molar-refractivity contribution < 1.29 is 4.79 Å². The van der Waals surface area contributed by atoms with Crippen LogP contribution in [0.5, 0.6) is 0 Å². The lowest BCUT2D eigenvalue weighted by Crippen LogP contribution is -2.48. The lowest BCUT2D eigenvalue weighted by atomic mass is 9.74. The van der Waals surface area contributed by atoms with Crippen LogP contribution in [0.25, 0.3) is 0 Å². The minimum Gasteiger partial charge on any atom is -0.325 e. The minimum absolute atomic E-state index is 0.175. The fourth-order valence-electron chi connectivity index (χ4n) is 2.09. The van der Waals surface area contributed by atoms with Crippen LogP contribution in [-0.2, 0) is 11.2 Å². The van der Waals surface area contributed by atoms with E-state index >= 15 is 0 Å². The molecule has 0 heterocycles. The molecule has 0 spiro atoms. The number of benzene rings is 1. The molecule has 2 heteroatoms. The second-order valence-corrected chi connectivity index (χ2v) is 4.59. The van der Waals surface area contributed by atoms with Crippen LogP contribution < -0.4 is 5.73 Å². The molecule has 15 heavy (non-hydrogen) atoms. The maximum atomic E-state index is 11.7. The summed E-state index contributed by atoms with van der Waals surface area (Å²) in [4.78, 5) is 11.7. The van der Waals surface area contributed by atoms with Crippen molar-refractivity contribution in [3.8, 4) is 0 Å². The van der Waals surface area contributed by atoms with Crippen molar-refractivity contribution in [1.82, 2.24) is 0 Å². The molecule has 2 N–H and O–H groups in total. The summed E-state index contributed by atoms with van der Waals surface area (Å²) in [6.45, 7) is 0. The van der Waals surface area contributed by atoms with Gasteiger partial charge < -0.3 is 5.73 Å². The fourth-order valence-corrected chi connectivity index (χ4v) is 2.09. The van der Waals surface area contributed by atoms with Crippen molar-refractivity contribution in [3.05, 3.63) is 35.9 Å². The number of hydrogen-bond acceptors (Lipinski definition) is 2. The van der Waals surface area contributed by atoms with Crippen LogP contribution >= 0.6 is 0 Å². The first-order chi connectivity index (χ1) is 7.18. The Labute approximate surface area is 90.5 Å². The van der Waals surface area contributed by atoms with Gasteiger partial charge in [0, 0.05) is 18.4 Å². The van der Waals surface area contributed by atoms with E-state index in [1.165, 1.54) is 6.42 Å². The molecule has 0 unspecified atom stereocenters. The summed E-state index contributed by atoms with van der Waals surface area (Å²) in [6.07, 6.45) is 4.26. The summed E-state index contributed by atoms with van der Waals surface area (Å²) < 4.78 is 0. The third kappa shape index (κ3) is 2.66. The summed E-state index contributed by atoms with van der Waals surface area (Å²) >= 11 is 0. The van der Waals surface area contributed by atoms with E-state index in [-0.39, 0.29) is 11.3 Å². The molecule has 1 fully saturated rings. The van der Waals surface area contributed by atoms with E-state index in [1.807, 2.05) is 30.3 Å². The van der Waals surface area contributed by atoms with E-state index in [9.17, 15) is 4.79 Å². The Kier molecular flexibility index (Phi) is 2.87. The van der Waals surface area contributed by atoms with Crippen molar-refractivity contribution >= 4 is 5.78 Å². The molecule has 0 aliphatic heterocycles. The highest BCUT2D eigenvalue weighted by atomic mass is 16.1. The zero-order valence-corrected chi connectivity index (χ0v) is 8.91. The number of rotatable bonds is 4. The highest BCUT2D eigenvalue weighted by Crippen LogP contribution is 2.32. The van der Waals surface area contributed by atoms with Gasteiger partial charge in [-0.2, -0.15) is 0 Å². The predicted octanol–water partition coefficient (Wildman–Crippen LogP) is 2.07. The predicted molar refractivity (Wildman–Crippen MR) is 60.5 cm³/mol. The Hall–Kier alpha value is -1.15. The Morgan fingerprint density at radius 3 is 2.47 bits per heavy atom. The van der Waals surface area contributed by atoms with Gasteiger partial charge in [0.05, 0.1) is 0 Å². The van der Waals surface area contributed by atoms with E-state index < -0.39 is 0 Å². The second-order valence-electron chi connectivity index (χ2n) is 4.59. The Morgan fingerprint density at radius 1 is 1.27 bits per heavy atom. The van der Waals surface area contributed by atoms with Crippen molar-refractivity contribution in [1.29, 1.82) is 0 Å². The van der Waals surface area contributed by atoms with Crippen LogP contribution in [-0.4, -0.2) is 11.3 Å². The van der Waals surface area contributed by atoms with Gasteiger partial charge in [-0.25, -0.2) is 0 Å². The molecule has 0 saturated heterocycles. The molecule has 80 valence electrons. The van der Waals surface area contributed by atoms with Gasteiger partial charge in [-0.1, -0.05) is 30.3 Å². The molecule has 1 aromatic rings. The highest BCUT2D eigenvalue weighted by Gasteiger charge is 2.34. The quantitative estimate of drug-likeness (QED) is 0.814. The molecule has 1 aromatic carbocycles. The van der Waals surface area contributed by atoms with Gasteiger partial charge in [-0.3, -0.25) is 4.79 Å². The first-order valence-corrected chi connectivity index (χ1v) is 5.52. The van der Waals surface area contributed by atoms with Gasteiger partial charge in [0.1, 0.15) is 5.78 Å². The normalized spacial score (nSPS) is 18.2. The maximum absolute atomic E-state index is 11.7. The number of hydrogen-bond donors (Lipinski definition) is 1. The molecule has 0 aromatic heterocycles. The van der Waals surface area contributed by atoms with Crippen LogP contribution in [0.2, 0.25) is 0 Å². The summed E-state index contributed by atoms with van der Waals surface area (Å²) in [5.74, 6) is 0.267. The molecule has 2 nitrogen and oxygen atoms in total. The summed E-state index contributed by atoms with van der Waals surface area (Å²) in [7, 11) is 0. The monoisotopic (exact) mass is 203 g/mol. The number of ketones is 1. The Balaban J connectivity index is 1.87. The van der Waals surface area contributed by atoms with E-state index in [0.29, 0.717) is 12.8 Å². The first-order valence-electron chi connectivity index (χ1n) is 5.52. The van der Waals surface area contributed by atoms with Crippen molar-refractivity contribution in [2.75, 3.05) is 0 Å². The SMILES string of the molecule is NC1(CC(=O)Cc2ccccc2)CCC1. The molecular weight excluding hydrogens is 186 g/mol. The third-order valence-corrected chi connectivity index (χ3v) is 3.14. The second kappa shape index (κ2) is 4.15. The van der Waals surface area contributed by atoms with Crippen molar-refractivity contribution in [2.45, 2.75) is 37.6 Å². The van der Waals surface area contributed by atoms with Crippen LogP contribution in [0.15, 0.2) is 30.3 Å². The number of carbonyl (C=O) groups is 1. The summed E-state index contributed by atoms with van der Waals surface area (Å²) in [5.41, 5.74) is 6.95. The van der Waals surface area contributed by atoms with E-state index in [0.717, 1.165) is 18.4 Å². The van der Waals surface area contributed by atoms with E-state index in [1.54, 1.807) is 0 Å². The molecule has 0 radical (unpaired) electrons. The molecule has 0 amide bonds. The maximum Gasteiger partial charge on any atom is 0.139 e. The number of nitrogens with two attached hydrogens (primary N) is 1. The molecule has 1 saturated carbocycles. The van der Waals surface area contributed by atoms with Gasteiger partial charge in [0.15, 0.2) is 0 Å². The average Bonchev–Trinajstić information content (AvgIpc) is 2.16. The highest BCUT2D eigenvalue weighted by molar-refractivity contribution is 5.82. The van der Waals surface area contributed by atoms with Crippen LogP contribution in [0.3, 0.4) is 0 Å². The first kappa shape index (κ1) is 10.4. The molecule has 2 rings (SSSR count). The summed E-state index contributed by atoms with van der Waals surface area (Å²) in [6, 6.07) is 9.86. The molecule has 1 aliphatic rings. The number of Topliss-reactive ketones (excluding diaryl/α,β-unsaturated/α-hetero) is 1. The minimum atomic E-state index is -0.175. The van der Waals surface area contributed by atoms with Crippen LogP contribution in [0.4, 0.5) is 0 Å². The average molecular weight is 203 g/mol. The van der Waals surface area contributed by atoms with Gasteiger partial charge in [-0.15, -0.1) is 0 Å². The lowest BCUT2D eigenvalue weighted by molar-refractivity contribution is -0.120. The lowest BCUT2D eigenvalue weighted by Gasteiger charge is -2.37. The van der Waals surface area contributed by atoms with Crippen molar-refractivity contribution in [3.63, 3.8) is 0 Å². The molecule has 0 bridgehead atoms. The van der Waals surface area contributed by atoms with Gasteiger partial charge in [0.2, 0.25) is 0 Å². The Bertz CT molecular complexity index is 341. The Morgan fingerprint density at radius 2 is 1.93 bits per heavy atom. The largest absolute Gasteiger partial charge is 0.325 e. The zero-order valence-electron chi connectivity index (χ0n) is 8.91. The van der Waals surface area contributed by atoms with Gasteiger partial charge in [0.25, 0.3) is 0 Å². The molecule has 0 atom stereocenters. The van der Waals surface area contributed by atoms with E-state index in [4.69, 9.17) is 5.73 Å². The zero-order chi connectivity index (χ0) is 10.7. The topological polar surface area (TPSA) is 43.1 Å². The molecular formula is C13H17NO. The summed E-state index contributed by atoms with van der Waals surface area (Å²) in [5, 5.41) is 0. The van der Waals surface area contributed by atoms with Crippen molar-refractivity contribution in [2.24, 2.45) is 5.73 Å². The standard InChI is InChI=1S/C13H17NO/c14-13(7-4-8-13)10-12(15)9-11-5-2-1-3-6-11/h1-3,5-6H,4,7-10,14H2. The number of carbonyl (C=O) groups excluding carboxylic acids is 1. The van der Waals surface area contributed by atoms with E-state index in [2.05, 4.69) is 0 Å². The van der Waals surface area contributed by atoms with Gasteiger partial charge >= 0.3 is 0 Å². The third-order valence-electron chi connectivity index (χ3n) is 3.14. The smallest absolute Gasteiger partial charge is 0.139 e.